The van der Waals surface area contributed by atoms with Crippen molar-refractivity contribution in [2.75, 3.05) is 0 Å². The lowest BCUT2D eigenvalue weighted by Gasteiger charge is -2.28. The number of nitrogens with two attached hydrogens (primary N) is 2. The summed E-state index contributed by atoms with van der Waals surface area (Å²) in [5, 5.41) is 16.8. The molecule has 0 fully saturated rings. The lowest BCUT2D eigenvalue weighted by Crippen LogP contribution is -2.59. The molecule has 0 aliphatic rings. The Morgan fingerprint density at radius 3 is 1.80 bits per heavy atom. The smallest absolute Gasteiger partial charge is 0.326 e. The number of carboxylic acid groups (broad SMARTS) is 1. The summed E-state index contributed by atoms with van der Waals surface area (Å²) in [7, 11) is 0. The van der Waals surface area contributed by atoms with E-state index >= 15 is 0 Å². The Kier molecular flexibility index (Phi) is 11.6. The van der Waals surface area contributed by atoms with Crippen molar-refractivity contribution in [3.05, 3.63) is 0 Å². The number of carboxylic acids is 1. The van der Waals surface area contributed by atoms with E-state index in [4.69, 9.17) is 11.5 Å². The van der Waals surface area contributed by atoms with Gasteiger partial charge in [-0.25, -0.2) is 4.79 Å². The zero-order valence-corrected chi connectivity index (χ0v) is 18.2. The first-order valence-electron chi connectivity index (χ1n) is 9.99. The fourth-order valence-corrected chi connectivity index (χ4v) is 2.57. The molecule has 0 heterocycles. The van der Waals surface area contributed by atoms with Crippen LogP contribution in [0.25, 0.3) is 0 Å². The van der Waals surface area contributed by atoms with Gasteiger partial charge in [-0.05, 0) is 25.2 Å². The van der Waals surface area contributed by atoms with Crippen LogP contribution in [0, 0.1) is 11.8 Å². The maximum absolute atomic E-state index is 12.7. The van der Waals surface area contributed by atoms with E-state index in [0.717, 1.165) is 0 Å². The van der Waals surface area contributed by atoms with Crippen LogP contribution < -0.4 is 27.4 Å². The van der Waals surface area contributed by atoms with E-state index in [-0.39, 0.29) is 24.7 Å². The Morgan fingerprint density at radius 2 is 1.40 bits per heavy atom. The summed E-state index contributed by atoms with van der Waals surface area (Å²) in [6, 6.07) is -4.17. The molecule has 8 N–H and O–H groups in total. The van der Waals surface area contributed by atoms with Crippen LogP contribution >= 0.6 is 0 Å². The van der Waals surface area contributed by atoms with E-state index in [2.05, 4.69) is 16.0 Å². The monoisotopic (exact) mass is 429 g/mol. The predicted molar refractivity (Wildman–Crippen MR) is 110 cm³/mol. The Balaban J connectivity index is 5.43. The lowest BCUT2D eigenvalue weighted by atomic mass is 9.97. The number of amides is 4. The summed E-state index contributed by atoms with van der Waals surface area (Å²) in [5.74, 6) is -4.47. The second-order valence-electron chi connectivity index (χ2n) is 7.80. The van der Waals surface area contributed by atoms with Crippen molar-refractivity contribution in [3.8, 4) is 0 Å². The van der Waals surface area contributed by atoms with E-state index in [9.17, 15) is 29.1 Å². The van der Waals surface area contributed by atoms with Crippen LogP contribution in [0.3, 0.4) is 0 Å². The molecule has 0 aromatic rings. The second kappa shape index (κ2) is 12.8. The van der Waals surface area contributed by atoms with E-state index < -0.39 is 53.8 Å². The van der Waals surface area contributed by atoms with Gasteiger partial charge in [0.2, 0.25) is 23.6 Å². The number of primary amides is 1. The number of rotatable bonds is 13. The van der Waals surface area contributed by atoms with Crippen LogP contribution in [-0.2, 0) is 24.0 Å². The number of carbonyl (C=O) groups excluding carboxylic acids is 4. The van der Waals surface area contributed by atoms with Gasteiger partial charge in [0.15, 0.2) is 0 Å². The summed E-state index contributed by atoms with van der Waals surface area (Å²) in [4.78, 5) is 59.9. The first-order chi connectivity index (χ1) is 13.8. The van der Waals surface area contributed by atoms with Gasteiger partial charge >= 0.3 is 5.97 Å². The van der Waals surface area contributed by atoms with E-state index in [0.29, 0.717) is 6.42 Å². The Morgan fingerprint density at radius 1 is 0.867 bits per heavy atom. The van der Waals surface area contributed by atoms with Crippen LogP contribution in [0.15, 0.2) is 0 Å². The Bertz CT molecular complexity index is 637. The quantitative estimate of drug-likeness (QED) is 0.212. The minimum absolute atomic E-state index is 0.0727. The van der Waals surface area contributed by atoms with Gasteiger partial charge < -0.3 is 32.5 Å². The van der Waals surface area contributed by atoms with Crippen molar-refractivity contribution >= 4 is 29.6 Å². The molecule has 4 amide bonds. The summed E-state index contributed by atoms with van der Waals surface area (Å²) >= 11 is 0. The molecule has 0 aromatic heterocycles. The number of carbonyl (C=O) groups is 5. The van der Waals surface area contributed by atoms with Crippen LogP contribution in [-0.4, -0.2) is 58.9 Å². The van der Waals surface area contributed by atoms with Gasteiger partial charge in [0, 0.05) is 6.42 Å². The highest BCUT2D eigenvalue weighted by atomic mass is 16.4. The van der Waals surface area contributed by atoms with Gasteiger partial charge in [-0.15, -0.1) is 0 Å². The topological polar surface area (TPSA) is 194 Å². The summed E-state index contributed by atoms with van der Waals surface area (Å²) in [6.07, 6.45) is 0.302. The molecular weight excluding hydrogens is 394 g/mol. The number of hydrogen-bond donors (Lipinski definition) is 6. The molecule has 30 heavy (non-hydrogen) atoms. The van der Waals surface area contributed by atoms with Gasteiger partial charge in [-0.3, -0.25) is 19.2 Å². The molecule has 5 atom stereocenters. The summed E-state index contributed by atoms with van der Waals surface area (Å²) in [5.41, 5.74) is 10.6. The zero-order valence-electron chi connectivity index (χ0n) is 18.2. The molecule has 11 nitrogen and oxygen atoms in total. The molecule has 0 saturated heterocycles. The molecule has 0 aromatic carbocycles. The number of hydrogen-bond acceptors (Lipinski definition) is 6. The highest BCUT2D eigenvalue weighted by molar-refractivity contribution is 5.94. The molecule has 0 spiro atoms. The molecule has 0 rings (SSSR count). The van der Waals surface area contributed by atoms with E-state index in [1.165, 1.54) is 6.92 Å². The third-order valence-electron chi connectivity index (χ3n) is 4.75. The summed E-state index contributed by atoms with van der Waals surface area (Å²) in [6.45, 7) is 8.30. The SMILES string of the molecule is CCC(C)C(NC(=O)C(NC(=O)C(CCC(N)=O)NC(=O)C(C)N)C(C)C)C(=O)O. The molecule has 0 saturated carbocycles. The summed E-state index contributed by atoms with van der Waals surface area (Å²) < 4.78 is 0. The van der Waals surface area contributed by atoms with Gasteiger partial charge in [0.05, 0.1) is 6.04 Å². The minimum Gasteiger partial charge on any atom is -0.480 e. The van der Waals surface area contributed by atoms with E-state index in [1.54, 1.807) is 27.7 Å². The fourth-order valence-electron chi connectivity index (χ4n) is 2.57. The largest absolute Gasteiger partial charge is 0.480 e. The van der Waals surface area contributed by atoms with Gasteiger partial charge in [0.1, 0.15) is 18.1 Å². The van der Waals surface area contributed by atoms with Gasteiger partial charge in [0.25, 0.3) is 0 Å². The highest BCUT2D eigenvalue weighted by Gasteiger charge is 2.33. The molecule has 0 aliphatic carbocycles. The van der Waals surface area contributed by atoms with Crippen molar-refractivity contribution in [1.29, 1.82) is 0 Å². The van der Waals surface area contributed by atoms with Crippen molar-refractivity contribution < 1.29 is 29.1 Å². The molecular formula is C19H35N5O6. The first kappa shape index (κ1) is 27.3. The van der Waals surface area contributed by atoms with Crippen LogP contribution in [0.1, 0.15) is 53.9 Å². The molecule has 5 unspecified atom stereocenters. The van der Waals surface area contributed by atoms with Crippen LogP contribution in [0.5, 0.6) is 0 Å². The maximum Gasteiger partial charge on any atom is 0.326 e. The lowest BCUT2D eigenvalue weighted by molar-refractivity contribution is -0.144. The van der Waals surface area contributed by atoms with Crippen LogP contribution in [0.4, 0.5) is 0 Å². The van der Waals surface area contributed by atoms with Crippen molar-refractivity contribution in [2.24, 2.45) is 23.3 Å². The molecule has 0 bridgehead atoms. The van der Waals surface area contributed by atoms with E-state index in [1.807, 2.05) is 0 Å². The van der Waals surface area contributed by atoms with Crippen molar-refractivity contribution in [1.82, 2.24) is 16.0 Å². The number of nitrogens with one attached hydrogen (secondary N) is 3. The molecule has 11 heteroatoms. The third-order valence-corrected chi connectivity index (χ3v) is 4.75. The first-order valence-corrected chi connectivity index (χ1v) is 9.99. The maximum atomic E-state index is 12.7. The molecule has 0 aliphatic heterocycles. The van der Waals surface area contributed by atoms with Gasteiger partial charge in [-0.1, -0.05) is 34.1 Å². The zero-order chi connectivity index (χ0) is 23.6. The Labute approximate surface area is 176 Å². The van der Waals surface area contributed by atoms with Crippen molar-refractivity contribution in [2.45, 2.75) is 78.0 Å². The van der Waals surface area contributed by atoms with Crippen molar-refractivity contribution in [3.63, 3.8) is 0 Å². The Hall–Kier alpha value is -2.69. The van der Waals surface area contributed by atoms with Crippen LogP contribution in [0.2, 0.25) is 0 Å². The molecule has 172 valence electrons. The van der Waals surface area contributed by atoms with Gasteiger partial charge in [-0.2, -0.15) is 0 Å². The normalized spacial score (nSPS) is 16.0. The average molecular weight is 430 g/mol. The number of aliphatic carboxylic acids is 1. The molecule has 0 radical (unpaired) electrons. The average Bonchev–Trinajstić information content (AvgIpc) is 2.65. The highest BCUT2D eigenvalue weighted by Crippen LogP contribution is 2.10. The predicted octanol–water partition coefficient (Wildman–Crippen LogP) is -1.16. The fraction of sp³-hybridized carbons (Fsp3) is 0.737. The third kappa shape index (κ3) is 9.21. The standard InChI is InChI=1S/C19H35N5O6/c1-6-10(4)15(19(29)30)24-18(28)14(9(2)3)23-17(27)12(7-8-13(21)25)22-16(26)11(5)20/h9-12,14-15H,6-8,20H2,1-5H3,(H2,21,25)(H,22,26)(H,23,27)(H,24,28)(H,29,30). The second-order valence-corrected chi connectivity index (χ2v) is 7.80. The minimum atomic E-state index is -1.17.